The Kier molecular flexibility index (Phi) is 17.7. The second kappa shape index (κ2) is 24.4. The van der Waals surface area contributed by atoms with Gasteiger partial charge in [-0.05, 0) is 68.1 Å². The number of likely N-dealkylation sites (N-methyl/N-ethyl adjacent to an activating group) is 1. The lowest BCUT2D eigenvalue weighted by Crippen LogP contribution is -2.51. The Balaban J connectivity index is 0.746. The molecule has 1 fully saturated rings. The summed E-state index contributed by atoms with van der Waals surface area (Å²) in [5.74, 6) is -2.60. The number of amides is 4. The van der Waals surface area contributed by atoms with Gasteiger partial charge in [0.05, 0.1) is 62.6 Å². The summed E-state index contributed by atoms with van der Waals surface area (Å²) in [5.41, 5.74) is 4.53. The molecular formula is C49H50ClF2N9O8. The number of ether oxygens (including phenoxy) is 3. The first-order chi connectivity index (χ1) is 33.5. The SMILES string of the molecule is CN(Cc1c(C=O)cccc1NC(=O)COCCOCCOCCNCCNC(=O)c1ccc(Nc2ncc3c(n2)-c2ccc(Cl)cc2C(c2c(F)cccc2F)=NC3)cc1)C1CCC(=O)NC1=O. The van der Waals surface area contributed by atoms with Crippen molar-refractivity contribution in [3.05, 3.63) is 135 Å². The summed E-state index contributed by atoms with van der Waals surface area (Å²) in [7, 11) is 1.72. The molecule has 2 aliphatic heterocycles. The van der Waals surface area contributed by atoms with Gasteiger partial charge in [0.25, 0.3) is 5.91 Å². The molecule has 4 aromatic carbocycles. The Morgan fingerprint density at radius 3 is 2.39 bits per heavy atom. The standard InChI is InChI=1S/C49H50ClF2N9O8/c1-61(41-14-15-42(63)59-48(41)66)27-37-31(28-62)4-2-7-40(37)58-43(64)29-69-23-22-68-21-20-67-19-18-53-16-17-54-47(65)30-8-11-34(12-9-30)57-49-56-26-32-25-55-46(44-38(51)5-3-6-39(44)52)36-24-33(50)10-13-35(36)45(32)60-49/h2-13,24,26,28,41,53H,14-23,25,27,29H2,1H3,(H,54,65)(H,58,64)(H,56,57,60)(H,59,63,66). The molecule has 17 nitrogen and oxygen atoms in total. The molecule has 0 aliphatic carbocycles. The fourth-order valence-corrected chi connectivity index (χ4v) is 7.83. The summed E-state index contributed by atoms with van der Waals surface area (Å²) in [6, 6.07) is 19.9. The number of hydrogen-bond donors (Lipinski definition) is 5. The van der Waals surface area contributed by atoms with E-state index in [0.717, 1.165) is 0 Å². The predicted octanol–water partition coefficient (Wildman–Crippen LogP) is 5.23. The van der Waals surface area contributed by atoms with Gasteiger partial charge in [-0.3, -0.25) is 39.2 Å². The van der Waals surface area contributed by atoms with Crippen LogP contribution >= 0.6 is 11.6 Å². The van der Waals surface area contributed by atoms with E-state index in [1.807, 2.05) is 0 Å². The van der Waals surface area contributed by atoms with E-state index in [0.29, 0.717) is 108 Å². The number of hydrogen-bond acceptors (Lipinski definition) is 14. The van der Waals surface area contributed by atoms with E-state index in [2.05, 4.69) is 36.6 Å². The molecule has 0 bridgehead atoms. The molecular weight excluding hydrogens is 916 g/mol. The molecule has 69 heavy (non-hydrogen) atoms. The van der Waals surface area contributed by atoms with Crippen LogP contribution in [0.5, 0.6) is 0 Å². The number of aliphatic imine (C=N–C) groups is 1. The maximum Gasteiger partial charge on any atom is 0.251 e. The van der Waals surface area contributed by atoms with Crippen LogP contribution in [-0.4, -0.2) is 123 Å². The van der Waals surface area contributed by atoms with Crippen LogP contribution in [0.2, 0.25) is 5.02 Å². The molecule has 20 heteroatoms. The van der Waals surface area contributed by atoms with Crippen molar-refractivity contribution in [2.24, 2.45) is 4.99 Å². The van der Waals surface area contributed by atoms with Crippen molar-refractivity contribution in [1.82, 2.24) is 30.8 Å². The number of benzene rings is 4. The van der Waals surface area contributed by atoms with E-state index in [9.17, 15) is 32.8 Å². The van der Waals surface area contributed by atoms with Gasteiger partial charge in [0.2, 0.25) is 23.7 Å². The minimum absolute atomic E-state index is 0.0868. The van der Waals surface area contributed by atoms with Gasteiger partial charge < -0.3 is 35.5 Å². The smallest absolute Gasteiger partial charge is 0.251 e. The third kappa shape index (κ3) is 13.4. The number of fused-ring (bicyclic) bond motifs is 3. The van der Waals surface area contributed by atoms with Crippen molar-refractivity contribution in [1.29, 1.82) is 0 Å². The van der Waals surface area contributed by atoms with E-state index in [1.165, 1.54) is 18.2 Å². The normalized spacial score (nSPS) is 14.3. The van der Waals surface area contributed by atoms with Crippen molar-refractivity contribution in [2.75, 3.05) is 77.0 Å². The molecule has 0 saturated carbocycles. The number of rotatable bonds is 23. The highest BCUT2D eigenvalue weighted by atomic mass is 35.5. The van der Waals surface area contributed by atoms with Crippen molar-refractivity contribution in [3.63, 3.8) is 0 Å². The van der Waals surface area contributed by atoms with Crippen LogP contribution in [0.4, 0.5) is 26.1 Å². The molecule has 0 spiro atoms. The van der Waals surface area contributed by atoms with E-state index < -0.39 is 29.5 Å². The number of carbonyl (C=O) groups excluding carboxylic acids is 5. The van der Waals surface area contributed by atoms with E-state index in [-0.39, 0.29) is 68.4 Å². The zero-order valence-corrected chi connectivity index (χ0v) is 38.4. The van der Waals surface area contributed by atoms with Crippen LogP contribution in [-0.2, 0) is 41.7 Å². The summed E-state index contributed by atoms with van der Waals surface area (Å²) in [6.07, 6.45) is 2.88. The number of nitrogens with one attached hydrogen (secondary N) is 5. The molecule has 1 atom stereocenters. The Labute approximate surface area is 401 Å². The van der Waals surface area contributed by atoms with Crippen molar-refractivity contribution in [3.8, 4) is 11.3 Å². The maximum atomic E-state index is 14.9. The van der Waals surface area contributed by atoms with Gasteiger partial charge >= 0.3 is 0 Å². The topological polar surface area (TPSA) is 215 Å². The molecule has 0 radical (unpaired) electrons. The summed E-state index contributed by atoms with van der Waals surface area (Å²) in [6.45, 7) is 3.02. The first-order valence-electron chi connectivity index (χ1n) is 22.1. The third-order valence-corrected chi connectivity index (χ3v) is 11.4. The minimum atomic E-state index is -0.742. The highest BCUT2D eigenvalue weighted by molar-refractivity contribution is 6.31. The Bertz CT molecular complexity index is 2690. The molecule has 5 N–H and O–H groups in total. The average Bonchev–Trinajstić information content (AvgIpc) is 3.48. The van der Waals surface area contributed by atoms with Gasteiger partial charge in [-0.15, -0.1) is 0 Å². The Morgan fingerprint density at radius 1 is 0.899 bits per heavy atom. The van der Waals surface area contributed by atoms with Crippen LogP contribution in [0, 0.1) is 11.6 Å². The molecule has 7 rings (SSSR count). The summed E-state index contributed by atoms with van der Waals surface area (Å²) in [4.78, 5) is 76.7. The van der Waals surface area contributed by atoms with Crippen LogP contribution in [0.3, 0.4) is 0 Å². The zero-order valence-electron chi connectivity index (χ0n) is 37.6. The quantitative estimate of drug-likeness (QED) is 0.0323. The molecule has 360 valence electrons. The molecule has 1 aromatic heterocycles. The van der Waals surface area contributed by atoms with Crippen molar-refractivity contribution >= 4 is 64.6 Å². The van der Waals surface area contributed by atoms with Crippen molar-refractivity contribution in [2.45, 2.75) is 32.0 Å². The number of halogens is 3. The summed E-state index contributed by atoms with van der Waals surface area (Å²) in [5, 5.41) is 14.7. The van der Waals surface area contributed by atoms with Gasteiger partial charge in [-0.1, -0.05) is 35.9 Å². The number of carbonyl (C=O) groups is 5. The highest BCUT2D eigenvalue weighted by Gasteiger charge is 2.31. The van der Waals surface area contributed by atoms with Crippen LogP contribution in [0.1, 0.15) is 55.8 Å². The van der Waals surface area contributed by atoms with Gasteiger partial charge in [-0.2, -0.15) is 0 Å². The first-order valence-corrected chi connectivity index (χ1v) is 22.5. The number of imide groups is 1. The second-order valence-corrected chi connectivity index (χ2v) is 16.4. The maximum absolute atomic E-state index is 14.9. The lowest BCUT2D eigenvalue weighted by molar-refractivity contribution is -0.137. The number of aromatic nitrogens is 2. The van der Waals surface area contributed by atoms with Crippen LogP contribution in [0.15, 0.2) is 90.1 Å². The van der Waals surface area contributed by atoms with Gasteiger partial charge in [-0.25, -0.2) is 18.7 Å². The largest absolute Gasteiger partial charge is 0.378 e. The zero-order chi connectivity index (χ0) is 48.7. The Morgan fingerprint density at radius 2 is 1.64 bits per heavy atom. The van der Waals surface area contributed by atoms with Gasteiger partial charge in [0.1, 0.15) is 24.5 Å². The van der Waals surface area contributed by atoms with Gasteiger partial charge in [0.15, 0.2) is 0 Å². The Hall–Kier alpha value is -6.87. The summed E-state index contributed by atoms with van der Waals surface area (Å²) >= 11 is 6.34. The lowest BCUT2D eigenvalue weighted by atomic mass is 9.95. The summed E-state index contributed by atoms with van der Waals surface area (Å²) < 4.78 is 46.4. The molecule has 5 aromatic rings. The molecule has 4 amide bonds. The predicted molar refractivity (Wildman–Crippen MR) is 254 cm³/mol. The van der Waals surface area contributed by atoms with Gasteiger partial charge in [0, 0.05) is 88.6 Å². The monoisotopic (exact) mass is 965 g/mol. The highest BCUT2D eigenvalue weighted by Crippen LogP contribution is 2.35. The van der Waals surface area contributed by atoms with E-state index in [4.69, 9.17) is 30.8 Å². The molecule has 1 saturated heterocycles. The van der Waals surface area contributed by atoms with Crippen LogP contribution in [0.25, 0.3) is 11.3 Å². The number of aldehydes is 1. The number of nitrogens with zero attached hydrogens (tertiary/aromatic N) is 4. The van der Waals surface area contributed by atoms with Crippen LogP contribution < -0.4 is 26.6 Å². The molecule has 2 aliphatic rings. The van der Waals surface area contributed by atoms with E-state index in [1.54, 1.807) is 78.8 Å². The average molecular weight is 966 g/mol. The third-order valence-electron chi connectivity index (χ3n) is 11.1. The second-order valence-electron chi connectivity index (χ2n) is 15.9. The number of piperidine rings is 1. The van der Waals surface area contributed by atoms with E-state index >= 15 is 0 Å². The fourth-order valence-electron chi connectivity index (χ4n) is 7.65. The van der Waals surface area contributed by atoms with Crippen molar-refractivity contribution < 1.29 is 47.0 Å². The fraction of sp³-hybridized carbons (Fsp3) is 0.306. The first kappa shape index (κ1) is 50.0. The molecule has 3 heterocycles. The number of anilines is 3. The minimum Gasteiger partial charge on any atom is -0.378 e. The lowest BCUT2D eigenvalue weighted by Gasteiger charge is -2.30. The molecule has 1 unspecified atom stereocenters.